The molecule has 0 aromatic heterocycles. The van der Waals surface area contributed by atoms with Crippen LogP contribution in [0.25, 0.3) is 0 Å². The van der Waals surface area contributed by atoms with E-state index >= 15 is 0 Å². The second kappa shape index (κ2) is 48.9. The van der Waals surface area contributed by atoms with Gasteiger partial charge in [0, 0.05) is 12.8 Å². The van der Waals surface area contributed by atoms with E-state index in [-0.39, 0.29) is 32.0 Å². The molecular formula is C58H101NO8P+. The zero-order chi connectivity index (χ0) is 49.9. The summed E-state index contributed by atoms with van der Waals surface area (Å²) in [5.74, 6) is -0.834. The summed E-state index contributed by atoms with van der Waals surface area (Å²) in [6.07, 6.45) is 66.0. The van der Waals surface area contributed by atoms with E-state index in [0.29, 0.717) is 17.4 Å². The maximum absolute atomic E-state index is 12.8. The fourth-order valence-electron chi connectivity index (χ4n) is 6.93. The number of allylic oxidation sites excluding steroid dienone is 16. The lowest BCUT2D eigenvalue weighted by Crippen LogP contribution is -2.37. The summed E-state index contributed by atoms with van der Waals surface area (Å²) in [5.41, 5.74) is 0. The van der Waals surface area contributed by atoms with Crippen molar-refractivity contribution in [3.63, 3.8) is 0 Å². The van der Waals surface area contributed by atoms with Gasteiger partial charge >= 0.3 is 19.8 Å². The summed E-state index contributed by atoms with van der Waals surface area (Å²) >= 11 is 0. The molecule has 9 nitrogen and oxygen atoms in total. The van der Waals surface area contributed by atoms with Gasteiger partial charge in [-0.1, -0.05) is 195 Å². The number of phosphoric acid groups is 1. The van der Waals surface area contributed by atoms with E-state index in [1.807, 2.05) is 21.1 Å². The molecule has 0 radical (unpaired) electrons. The Bertz CT molecular complexity index is 1470. The van der Waals surface area contributed by atoms with Crippen molar-refractivity contribution in [2.75, 3.05) is 47.5 Å². The molecule has 0 aliphatic carbocycles. The summed E-state index contributed by atoms with van der Waals surface area (Å²) in [6, 6.07) is 0. The van der Waals surface area contributed by atoms with Gasteiger partial charge < -0.3 is 18.9 Å². The molecule has 2 atom stereocenters. The highest BCUT2D eigenvalue weighted by Gasteiger charge is 2.27. The Balaban J connectivity index is 4.30. The smallest absolute Gasteiger partial charge is 0.462 e. The van der Waals surface area contributed by atoms with E-state index in [2.05, 4.69) is 111 Å². The number of hydrogen-bond acceptors (Lipinski definition) is 7. The first kappa shape index (κ1) is 64.9. The molecule has 0 heterocycles. The number of likely N-dealkylation sites (N-methyl/N-ethyl adjacent to an activating group) is 1. The minimum Gasteiger partial charge on any atom is -0.462 e. The molecule has 0 rings (SSSR count). The average Bonchev–Trinajstić information content (AvgIpc) is 3.30. The van der Waals surface area contributed by atoms with Crippen LogP contribution < -0.4 is 0 Å². The first-order valence-corrected chi connectivity index (χ1v) is 28.5. The topological polar surface area (TPSA) is 108 Å². The van der Waals surface area contributed by atoms with Gasteiger partial charge in [-0.15, -0.1) is 0 Å². The Hall–Kier alpha value is -3.07. The van der Waals surface area contributed by atoms with E-state index < -0.39 is 26.5 Å². The number of carbonyl (C=O) groups excluding carboxylic acids is 2. The zero-order valence-electron chi connectivity index (χ0n) is 44.1. The van der Waals surface area contributed by atoms with Gasteiger partial charge in [0.15, 0.2) is 6.10 Å². The predicted molar refractivity (Wildman–Crippen MR) is 288 cm³/mol. The molecule has 2 unspecified atom stereocenters. The maximum Gasteiger partial charge on any atom is 0.472 e. The van der Waals surface area contributed by atoms with Crippen molar-refractivity contribution in [3.8, 4) is 0 Å². The molecule has 0 amide bonds. The second-order valence-electron chi connectivity index (χ2n) is 18.9. The third kappa shape index (κ3) is 52.3. The van der Waals surface area contributed by atoms with Crippen LogP contribution in [0.5, 0.6) is 0 Å². The van der Waals surface area contributed by atoms with E-state index in [0.717, 1.165) is 109 Å². The molecule has 0 saturated heterocycles. The van der Waals surface area contributed by atoms with Crippen LogP contribution in [0, 0.1) is 0 Å². The Morgan fingerprint density at radius 3 is 1.25 bits per heavy atom. The summed E-state index contributed by atoms with van der Waals surface area (Å²) in [5, 5.41) is 0. The molecule has 0 aliphatic rings. The number of carbonyl (C=O) groups is 2. The Morgan fingerprint density at radius 2 is 0.838 bits per heavy atom. The summed E-state index contributed by atoms with van der Waals surface area (Å²) in [7, 11) is 1.44. The van der Waals surface area contributed by atoms with Crippen molar-refractivity contribution in [2.24, 2.45) is 0 Å². The fourth-order valence-corrected chi connectivity index (χ4v) is 7.67. The fraction of sp³-hybridized carbons (Fsp3) is 0.690. The lowest BCUT2D eigenvalue weighted by molar-refractivity contribution is -0.870. The summed E-state index contributed by atoms with van der Waals surface area (Å²) in [6.45, 7) is 4.26. The summed E-state index contributed by atoms with van der Waals surface area (Å²) in [4.78, 5) is 35.6. The number of hydrogen-bond donors (Lipinski definition) is 1. The van der Waals surface area contributed by atoms with Gasteiger partial charge in [0.2, 0.25) is 0 Å². The van der Waals surface area contributed by atoms with Crippen molar-refractivity contribution >= 4 is 19.8 Å². The maximum atomic E-state index is 12.8. The number of nitrogens with zero attached hydrogens (tertiary/aromatic N) is 1. The number of quaternary nitrogens is 1. The number of esters is 2. The minimum atomic E-state index is -4.40. The normalized spacial score (nSPS) is 14.1. The first-order valence-electron chi connectivity index (χ1n) is 27.0. The molecule has 390 valence electrons. The largest absolute Gasteiger partial charge is 0.472 e. The van der Waals surface area contributed by atoms with Crippen molar-refractivity contribution in [1.82, 2.24) is 0 Å². The molecule has 0 fully saturated rings. The molecule has 0 bridgehead atoms. The molecule has 1 N–H and O–H groups in total. The third-order valence-corrected chi connectivity index (χ3v) is 12.1. The first-order chi connectivity index (χ1) is 33.0. The van der Waals surface area contributed by atoms with Crippen LogP contribution in [0.2, 0.25) is 0 Å². The number of unbranched alkanes of at least 4 members (excludes halogenated alkanes) is 18. The Labute approximate surface area is 417 Å². The van der Waals surface area contributed by atoms with Crippen molar-refractivity contribution in [1.29, 1.82) is 0 Å². The molecule has 0 aromatic carbocycles. The van der Waals surface area contributed by atoms with Crippen molar-refractivity contribution in [2.45, 2.75) is 213 Å². The van der Waals surface area contributed by atoms with Gasteiger partial charge in [0.1, 0.15) is 19.8 Å². The van der Waals surface area contributed by atoms with Gasteiger partial charge in [-0.2, -0.15) is 0 Å². The average molecular weight is 971 g/mol. The zero-order valence-corrected chi connectivity index (χ0v) is 45.0. The molecular weight excluding hydrogens is 870 g/mol. The third-order valence-electron chi connectivity index (χ3n) is 11.1. The van der Waals surface area contributed by atoms with Gasteiger partial charge in [0.25, 0.3) is 0 Å². The Kier molecular flexibility index (Phi) is 46.7. The van der Waals surface area contributed by atoms with E-state index in [1.54, 1.807) is 0 Å². The second-order valence-corrected chi connectivity index (χ2v) is 20.3. The van der Waals surface area contributed by atoms with Gasteiger partial charge in [-0.05, 0) is 96.3 Å². The van der Waals surface area contributed by atoms with E-state index in [4.69, 9.17) is 18.5 Å². The number of phosphoric ester groups is 1. The molecule has 0 aliphatic heterocycles. The van der Waals surface area contributed by atoms with Crippen LogP contribution >= 0.6 is 7.82 Å². The van der Waals surface area contributed by atoms with E-state index in [1.165, 1.54) is 64.2 Å². The molecule has 68 heavy (non-hydrogen) atoms. The van der Waals surface area contributed by atoms with E-state index in [9.17, 15) is 19.0 Å². The quantitative estimate of drug-likeness (QED) is 0.0211. The van der Waals surface area contributed by atoms with Crippen LogP contribution in [0.4, 0.5) is 0 Å². The SMILES string of the molecule is CC/C=C\C/C=C\C/C=C\C/C=C\C/C=C\CCCCCCCC(=O)OC(COC(=O)CCCCCCCCCC/C=C\C/C=C\C/C=C\CCCCCCC)COP(=O)(O)OCC[N+](C)(C)C. The van der Waals surface area contributed by atoms with Gasteiger partial charge in [-0.25, -0.2) is 4.57 Å². The predicted octanol–water partition coefficient (Wildman–Crippen LogP) is 16.5. The lowest BCUT2D eigenvalue weighted by Gasteiger charge is -2.24. The standard InChI is InChI=1S/C58H100NO8P/c1-6-8-10-12-14-16-18-20-22-24-26-28-29-31-32-34-36-38-40-42-44-46-48-50-57(60)64-54-56(55-66-68(62,63)65-53-52-59(3,4)5)67-58(61)51-49-47-45-43-41-39-37-35-33-30-27-25-23-21-19-17-15-13-11-9-7-2/h9,11,15,17-18,20-21,23-24,26-27,29-31,35,37,56H,6-8,10,12-14,16,19,22,25,28,32-34,36,38-55H2,1-5H3/p+1/b11-9-,17-15-,20-18-,23-21-,26-24-,30-27-,31-29-,37-35-. The highest BCUT2D eigenvalue weighted by Crippen LogP contribution is 2.43. The minimum absolute atomic E-state index is 0.0208. The van der Waals surface area contributed by atoms with Gasteiger partial charge in [-0.3, -0.25) is 18.6 Å². The van der Waals surface area contributed by atoms with Gasteiger partial charge in [0.05, 0.1) is 27.7 Å². The lowest BCUT2D eigenvalue weighted by atomic mass is 10.1. The Morgan fingerprint density at radius 1 is 0.471 bits per heavy atom. The van der Waals surface area contributed by atoms with Crippen molar-refractivity contribution < 1.29 is 42.1 Å². The van der Waals surface area contributed by atoms with Crippen LogP contribution in [0.15, 0.2) is 97.2 Å². The van der Waals surface area contributed by atoms with Crippen molar-refractivity contribution in [3.05, 3.63) is 97.2 Å². The molecule has 0 spiro atoms. The monoisotopic (exact) mass is 971 g/mol. The molecule has 0 saturated carbocycles. The van der Waals surface area contributed by atoms with Crippen LogP contribution in [0.1, 0.15) is 206 Å². The summed E-state index contributed by atoms with van der Waals surface area (Å²) < 4.78 is 34.5. The van der Waals surface area contributed by atoms with Crippen LogP contribution in [-0.2, 0) is 32.7 Å². The molecule has 0 aromatic rings. The van der Waals surface area contributed by atoms with Crippen LogP contribution in [-0.4, -0.2) is 74.9 Å². The highest BCUT2D eigenvalue weighted by atomic mass is 31.2. The highest BCUT2D eigenvalue weighted by molar-refractivity contribution is 7.47. The molecule has 10 heteroatoms. The number of rotatable bonds is 48. The van der Waals surface area contributed by atoms with Crippen LogP contribution in [0.3, 0.4) is 0 Å². The number of ether oxygens (including phenoxy) is 2.